The lowest BCUT2D eigenvalue weighted by atomic mass is 9.94. The van der Waals surface area contributed by atoms with Gasteiger partial charge in [0.05, 0.1) is 23.4 Å². The van der Waals surface area contributed by atoms with Gasteiger partial charge in [0.25, 0.3) is 5.91 Å². The van der Waals surface area contributed by atoms with Gasteiger partial charge in [-0.05, 0) is 49.0 Å². The number of aromatic hydroxyl groups is 1. The van der Waals surface area contributed by atoms with E-state index in [1.165, 1.54) is 24.4 Å². The van der Waals surface area contributed by atoms with E-state index in [0.29, 0.717) is 27.5 Å². The zero-order valence-electron chi connectivity index (χ0n) is 15.3. The Bertz CT molecular complexity index is 1030. The average Bonchev–Trinajstić information content (AvgIpc) is 2.68. The second kappa shape index (κ2) is 8.53. The molecule has 0 saturated heterocycles. The van der Waals surface area contributed by atoms with E-state index < -0.39 is 17.9 Å². The number of thiocarbonyl (C=S) groups is 1. The molecule has 1 amide bonds. The number of allylic oxidation sites excluding steroid dienone is 1. The van der Waals surface area contributed by atoms with Crippen LogP contribution in [0.5, 0.6) is 5.75 Å². The molecule has 148 valence electrons. The maximum atomic E-state index is 12.8. The number of phenols is 1. The van der Waals surface area contributed by atoms with Crippen molar-refractivity contribution in [1.29, 1.82) is 0 Å². The summed E-state index contributed by atoms with van der Waals surface area (Å²) in [6.07, 6.45) is 1.34. The summed E-state index contributed by atoms with van der Waals surface area (Å²) in [6, 6.07) is 12.2. The molecular formula is C20H18N4O4S. The minimum atomic E-state index is -1.03. The Hall–Kier alpha value is -3.72. The average molecular weight is 410 g/mol. The number of benzene rings is 2. The van der Waals surface area contributed by atoms with Crippen LogP contribution in [0, 0.1) is 0 Å². The molecule has 1 aliphatic rings. The highest BCUT2D eigenvalue weighted by atomic mass is 32.1. The number of aromatic carboxylic acids is 1. The summed E-state index contributed by atoms with van der Waals surface area (Å²) in [7, 11) is 0. The Morgan fingerprint density at radius 3 is 2.52 bits per heavy atom. The zero-order valence-corrected chi connectivity index (χ0v) is 16.2. The molecule has 8 nitrogen and oxygen atoms in total. The summed E-state index contributed by atoms with van der Waals surface area (Å²) in [5, 5.41) is 29.0. The molecule has 9 heteroatoms. The molecule has 0 bridgehead atoms. The molecule has 1 aliphatic heterocycles. The number of nitrogens with one attached hydrogen (secondary N) is 3. The summed E-state index contributed by atoms with van der Waals surface area (Å²) in [6.45, 7) is 1.72. The first-order chi connectivity index (χ1) is 13.9. The van der Waals surface area contributed by atoms with E-state index in [1.54, 1.807) is 37.3 Å². The number of hydrazone groups is 1. The van der Waals surface area contributed by atoms with Crippen LogP contribution in [-0.4, -0.2) is 33.4 Å². The fraction of sp³-hybridized carbons (Fsp3) is 0.100. The van der Waals surface area contributed by atoms with Crippen molar-refractivity contribution in [3.8, 4) is 5.75 Å². The molecule has 0 saturated carbocycles. The minimum Gasteiger partial charge on any atom is -0.507 e. The number of carbonyl (C=O) groups is 2. The van der Waals surface area contributed by atoms with Crippen molar-refractivity contribution in [1.82, 2.24) is 16.1 Å². The molecule has 2 aromatic carbocycles. The molecule has 1 atom stereocenters. The number of hydrogen-bond donors (Lipinski definition) is 5. The van der Waals surface area contributed by atoms with Gasteiger partial charge in [-0.1, -0.05) is 24.3 Å². The molecule has 5 N–H and O–H groups in total. The Labute approximate surface area is 171 Å². The van der Waals surface area contributed by atoms with Crippen LogP contribution in [-0.2, 0) is 4.79 Å². The third-order valence-corrected chi connectivity index (χ3v) is 4.53. The van der Waals surface area contributed by atoms with Gasteiger partial charge in [-0.2, -0.15) is 5.10 Å². The molecule has 0 spiro atoms. The number of carbonyl (C=O) groups excluding carboxylic acids is 1. The van der Waals surface area contributed by atoms with Gasteiger partial charge < -0.3 is 20.8 Å². The first-order valence-corrected chi connectivity index (χ1v) is 9.00. The van der Waals surface area contributed by atoms with Crippen molar-refractivity contribution < 1.29 is 19.8 Å². The maximum absolute atomic E-state index is 12.8. The summed E-state index contributed by atoms with van der Waals surface area (Å²) < 4.78 is 0. The van der Waals surface area contributed by atoms with E-state index in [-0.39, 0.29) is 11.3 Å². The highest BCUT2D eigenvalue weighted by Crippen LogP contribution is 2.27. The minimum absolute atomic E-state index is 0.0450. The summed E-state index contributed by atoms with van der Waals surface area (Å²) in [4.78, 5) is 23.9. The first-order valence-electron chi connectivity index (χ1n) is 8.59. The number of para-hydroxylation sites is 1. The van der Waals surface area contributed by atoms with Gasteiger partial charge in [0.2, 0.25) is 0 Å². The van der Waals surface area contributed by atoms with Gasteiger partial charge in [-0.15, -0.1) is 0 Å². The Balaban J connectivity index is 1.84. The van der Waals surface area contributed by atoms with Crippen LogP contribution < -0.4 is 16.1 Å². The van der Waals surface area contributed by atoms with E-state index in [0.717, 1.165) is 0 Å². The highest BCUT2D eigenvalue weighted by molar-refractivity contribution is 7.80. The summed E-state index contributed by atoms with van der Waals surface area (Å²) in [5.74, 6) is -1.46. The number of carboxylic acids is 1. The monoisotopic (exact) mass is 410 g/mol. The second-order valence-electron chi connectivity index (χ2n) is 6.26. The molecule has 1 unspecified atom stereocenters. The van der Waals surface area contributed by atoms with Gasteiger partial charge in [0.15, 0.2) is 5.11 Å². The fourth-order valence-corrected chi connectivity index (χ4v) is 3.15. The molecule has 0 aliphatic carbocycles. The number of phenolic OH excluding ortho intramolecular Hbond substituents is 1. The highest BCUT2D eigenvalue weighted by Gasteiger charge is 2.29. The summed E-state index contributed by atoms with van der Waals surface area (Å²) in [5.41, 5.74) is 4.63. The SMILES string of the molecule is CC1=C(C(=O)N/N=C/c2ccccc2O)C(c2ccc(C(=O)O)cc2)NC(=S)N1. The lowest BCUT2D eigenvalue weighted by Gasteiger charge is -2.30. The lowest BCUT2D eigenvalue weighted by molar-refractivity contribution is -0.117. The topological polar surface area (TPSA) is 123 Å². The summed E-state index contributed by atoms with van der Waals surface area (Å²) >= 11 is 5.19. The van der Waals surface area contributed by atoms with Gasteiger partial charge in [-0.25, -0.2) is 10.2 Å². The van der Waals surface area contributed by atoms with Gasteiger partial charge in [0.1, 0.15) is 5.75 Å². The van der Waals surface area contributed by atoms with E-state index in [4.69, 9.17) is 17.3 Å². The molecule has 0 aromatic heterocycles. The number of nitrogens with zero attached hydrogens (tertiary/aromatic N) is 1. The van der Waals surface area contributed by atoms with E-state index in [1.807, 2.05) is 0 Å². The quantitative estimate of drug-likeness (QED) is 0.290. The molecule has 3 rings (SSSR count). The van der Waals surface area contributed by atoms with E-state index >= 15 is 0 Å². The van der Waals surface area contributed by atoms with Crippen LogP contribution in [0.1, 0.15) is 34.5 Å². The van der Waals surface area contributed by atoms with Gasteiger partial charge >= 0.3 is 5.97 Å². The number of rotatable bonds is 5. The molecule has 0 fully saturated rings. The van der Waals surface area contributed by atoms with Gasteiger partial charge in [0, 0.05) is 11.3 Å². The third-order valence-electron chi connectivity index (χ3n) is 4.31. The number of carboxylic acid groups (broad SMARTS) is 1. The lowest BCUT2D eigenvalue weighted by Crippen LogP contribution is -2.46. The predicted molar refractivity (Wildman–Crippen MR) is 112 cm³/mol. The van der Waals surface area contributed by atoms with Crippen molar-refractivity contribution >= 4 is 35.4 Å². The van der Waals surface area contributed by atoms with Crippen LogP contribution >= 0.6 is 12.2 Å². The zero-order chi connectivity index (χ0) is 21.0. The Kier molecular flexibility index (Phi) is 5.89. The van der Waals surface area contributed by atoms with Crippen molar-refractivity contribution in [2.45, 2.75) is 13.0 Å². The van der Waals surface area contributed by atoms with Crippen molar-refractivity contribution in [3.05, 3.63) is 76.5 Å². The molecule has 29 heavy (non-hydrogen) atoms. The van der Waals surface area contributed by atoms with E-state index in [9.17, 15) is 14.7 Å². The number of hydrogen-bond acceptors (Lipinski definition) is 5. The van der Waals surface area contributed by atoms with Crippen molar-refractivity contribution in [2.75, 3.05) is 0 Å². The predicted octanol–water partition coefficient (Wildman–Crippen LogP) is 2.03. The molecule has 2 aromatic rings. The van der Waals surface area contributed by atoms with Crippen molar-refractivity contribution in [2.24, 2.45) is 5.10 Å². The normalized spacial score (nSPS) is 16.3. The van der Waals surface area contributed by atoms with Crippen molar-refractivity contribution in [3.63, 3.8) is 0 Å². The first kappa shape index (κ1) is 20.0. The smallest absolute Gasteiger partial charge is 0.335 e. The van der Waals surface area contributed by atoms with Crippen LogP contribution in [0.2, 0.25) is 0 Å². The molecular weight excluding hydrogens is 392 g/mol. The molecule has 1 heterocycles. The Morgan fingerprint density at radius 1 is 1.17 bits per heavy atom. The van der Waals surface area contributed by atoms with Crippen LogP contribution in [0.3, 0.4) is 0 Å². The Morgan fingerprint density at radius 2 is 1.86 bits per heavy atom. The van der Waals surface area contributed by atoms with E-state index in [2.05, 4.69) is 21.2 Å². The van der Waals surface area contributed by atoms with Gasteiger partial charge in [-0.3, -0.25) is 4.79 Å². The maximum Gasteiger partial charge on any atom is 0.335 e. The van der Waals surface area contributed by atoms with Crippen LogP contribution in [0.4, 0.5) is 0 Å². The van der Waals surface area contributed by atoms with Crippen LogP contribution in [0.25, 0.3) is 0 Å². The number of amides is 1. The largest absolute Gasteiger partial charge is 0.507 e. The second-order valence-corrected chi connectivity index (χ2v) is 6.66. The standard InChI is InChI=1S/C20H18N4O4S/c1-11-16(18(26)24-21-10-14-4-2-3-5-15(14)25)17(23-20(29)22-11)12-6-8-13(9-7-12)19(27)28/h2-10,17,25H,1H3,(H,24,26)(H,27,28)(H2,22,23,29)/b21-10+. The third kappa shape index (κ3) is 4.58. The molecule has 0 radical (unpaired) electrons. The fourth-order valence-electron chi connectivity index (χ4n) is 2.88. The van der Waals surface area contributed by atoms with Crippen LogP contribution in [0.15, 0.2) is 64.9 Å².